The number of ether oxygens (including phenoxy) is 1. The Morgan fingerprint density at radius 3 is 2.61 bits per heavy atom. The van der Waals surface area contributed by atoms with Crippen molar-refractivity contribution < 1.29 is 9.53 Å². The van der Waals surface area contributed by atoms with Crippen molar-refractivity contribution in [3.05, 3.63) is 30.3 Å². The molecule has 2 rings (SSSR count). The largest absolute Gasteiger partial charge is 0.492 e. The highest BCUT2D eigenvalue weighted by molar-refractivity contribution is 5.86. The predicted molar refractivity (Wildman–Crippen MR) is 70.3 cm³/mol. The van der Waals surface area contributed by atoms with E-state index >= 15 is 0 Å². The van der Waals surface area contributed by atoms with Crippen LogP contribution in [0.15, 0.2) is 30.3 Å². The minimum atomic E-state index is -0.610. The lowest BCUT2D eigenvalue weighted by Gasteiger charge is -2.39. The molecule has 1 saturated carbocycles. The lowest BCUT2D eigenvalue weighted by atomic mass is 9.77. The van der Waals surface area contributed by atoms with Gasteiger partial charge >= 0.3 is 0 Å². The molecule has 0 atom stereocenters. The van der Waals surface area contributed by atoms with Crippen LogP contribution < -0.4 is 10.5 Å². The summed E-state index contributed by atoms with van der Waals surface area (Å²) >= 11 is 0. The van der Waals surface area contributed by atoms with E-state index in [1.807, 2.05) is 30.3 Å². The molecule has 1 aliphatic carbocycles. The van der Waals surface area contributed by atoms with Gasteiger partial charge in [-0.05, 0) is 31.4 Å². The molecule has 98 valence electrons. The number of rotatable bonds is 5. The standard InChI is InChI=1S/C14H20N2O2/c1-16(13(17)14(15)8-5-9-14)10-11-18-12-6-3-2-4-7-12/h2-4,6-7H,5,8-11,15H2,1H3. The minimum Gasteiger partial charge on any atom is -0.492 e. The average Bonchev–Trinajstić information content (AvgIpc) is 2.36. The quantitative estimate of drug-likeness (QED) is 0.857. The van der Waals surface area contributed by atoms with Crippen LogP contribution in [-0.2, 0) is 4.79 Å². The van der Waals surface area contributed by atoms with Crippen molar-refractivity contribution >= 4 is 5.91 Å². The molecule has 4 heteroatoms. The van der Waals surface area contributed by atoms with Crippen molar-refractivity contribution in [2.24, 2.45) is 5.73 Å². The van der Waals surface area contributed by atoms with E-state index in [4.69, 9.17) is 10.5 Å². The van der Waals surface area contributed by atoms with Crippen LogP contribution in [0, 0.1) is 0 Å². The van der Waals surface area contributed by atoms with Crippen LogP contribution in [-0.4, -0.2) is 36.5 Å². The second kappa shape index (κ2) is 5.40. The van der Waals surface area contributed by atoms with Gasteiger partial charge < -0.3 is 15.4 Å². The summed E-state index contributed by atoms with van der Waals surface area (Å²) in [5, 5.41) is 0. The summed E-state index contributed by atoms with van der Waals surface area (Å²) in [5.74, 6) is 0.856. The molecule has 4 nitrogen and oxygen atoms in total. The third-order valence-electron chi connectivity index (χ3n) is 3.46. The molecule has 2 N–H and O–H groups in total. The molecule has 18 heavy (non-hydrogen) atoms. The number of hydrogen-bond donors (Lipinski definition) is 1. The lowest BCUT2D eigenvalue weighted by Crippen LogP contribution is -2.59. The summed E-state index contributed by atoms with van der Waals surface area (Å²) in [7, 11) is 1.78. The maximum Gasteiger partial charge on any atom is 0.242 e. The SMILES string of the molecule is CN(CCOc1ccccc1)C(=O)C1(N)CCC1. The summed E-state index contributed by atoms with van der Waals surface area (Å²) in [6.07, 6.45) is 2.65. The number of carbonyl (C=O) groups is 1. The van der Waals surface area contributed by atoms with Gasteiger partial charge in [-0.3, -0.25) is 4.79 Å². The first kappa shape index (κ1) is 12.9. The monoisotopic (exact) mass is 248 g/mol. The summed E-state index contributed by atoms with van der Waals surface area (Å²) in [6.45, 7) is 1.05. The first-order valence-corrected chi connectivity index (χ1v) is 6.34. The molecule has 0 spiro atoms. The van der Waals surface area contributed by atoms with Crippen LogP contribution in [0.2, 0.25) is 0 Å². The molecular formula is C14H20N2O2. The third kappa shape index (κ3) is 2.82. The van der Waals surface area contributed by atoms with Crippen molar-refractivity contribution in [1.29, 1.82) is 0 Å². The maximum atomic E-state index is 12.0. The van der Waals surface area contributed by atoms with E-state index in [-0.39, 0.29) is 5.91 Å². The Morgan fingerprint density at radius 1 is 1.39 bits per heavy atom. The number of benzene rings is 1. The fraction of sp³-hybridized carbons (Fsp3) is 0.500. The molecule has 1 aliphatic rings. The maximum absolute atomic E-state index is 12.0. The molecule has 0 aromatic heterocycles. The molecule has 1 aromatic rings. The van der Waals surface area contributed by atoms with Crippen LogP contribution >= 0.6 is 0 Å². The Bertz CT molecular complexity index is 402. The minimum absolute atomic E-state index is 0.0328. The van der Waals surface area contributed by atoms with E-state index in [1.165, 1.54) is 0 Å². The molecule has 0 aliphatic heterocycles. The molecule has 1 aromatic carbocycles. The summed E-state index contributed by atoms with van der Waals surface area (Å²) in [4.78, 5) is 13.7. The number of carbonyl (C=O) groups excluding carboxylic acids is 1. The van der Waals surface area contributed by atoms with E-state index in [1.54, 1.807) is 11.9 Å². The Kier molecular flexibility index (Phi) is 3.87. The van der Waals surface area contributed by atoms with Gasteiger partial charge in [0.1, 0.15) is 12.4 Å². The van der Waals surface area contributed by atoms with Crippen molar-refractivity contribution in [3.8, 4) is 5.75 Å². The van der Waals surface area contributed by atoms with E-state index in [0.717, 1.165) is 25.0 Å². The number of nitrogens with two attached hydrogens (primary N) is 1. The molecule has 0 radical (unpaired) electrons. The van der Waals surface area contributed by atoms with Gasteiger partial charge in [0.15, 0.2) is 0 Å². The van der Waals surface area contributed by atoms with Gasteiger partial charge in [0.2, 0.25) is 5.91 Å². The average molecular weight is 248 g/mol. The summed E-state index contributed by atoms with van der Waals surface area (Å²) in [5.41, 5.74) is 5.39. The van der Waals surface area contributed by atoms with E-state index in [2.05, 4.69) is 0 Å². The van der Waals surface area contributed by atoms with Gasteiger partial charge in [-0.2, -0.15) is 0 Å². The first-order valence-electron chi connectivity index (χ1n) is 6.34. The Balaban J connectivity index is 1.75. The van der Waals surface area contributed by atoms with Crippen LogP contribution in [0.1, 0.15) is 19.3 Å². The van der Waals surface area contributed by atoms with Gasteiger partial charge in [-0.25, -0.2) is 0 Å². The zero-order valence-electron chi connectivity index (χ0n) is 10.8. The van der Waals surface area contributed by atoms with Crippen LogP contribution in [0.4, 0.5) is 0 Å². The van der Waals surface area contributed by atoms with Crippen LogP contribution in [0.3, 0.4) is 0 Å². The smallest absolute Gasteiger partial charge is 0.242 e. The number of amides is 1. The van der Waals surface area contributed by atoms with Crippen LogP contribution in [0.5, 0.6) is 5.75 Å². The zero-order chi connectivity index (χ0) is 13.0. The van der Waals surface area contributed by atoms with Gasteiger partial charge in [-0.15, -0.1) is 0 Å². The molecule has 0 saturated heterocycles. The van der Waals surface area contributed by atoms with Gasteiger partial charge in [0.25, 0.3) is 0 Å². The predicted octanol–water partition coefficient (Wildman–Crippen LogP) is 1.41. The van der Waals surface area contributed by atoms with Crippen molar-refractivity contribution in [2.45, 2.75) is 24.8 Å². The molecule has 0 unspecified atom stereocenters. The molecule has 1 fully saturated rings. The van der Waals surface area contributed by atoms with E-state index < -0.39 is 5.54 Å². The van der Waals surface area contributed by atoms with E-state index in [9.17, 15) is 4.79 Å². The number of hydrogen-bond acceptors (Lipinski definition) is 3. The molecule has 0 heterocycles. The second-order valence-electron chi connectivity index (χ2n) is 4.90. The highest BCUT2D eigenvalue weighted by Gasteiger charge is 2.41. The molecule has 1 amide bonds. The van der Waals surface area contributed by atoms with Gasteiger partial charge in [-0.1, -0.05) is 18.2 Å². The fourth-order valence-corrected chi connectivity index (χ4v) is 2.07. The molecular weight excluding hydrogens is 228 g/mol. The first-order chi connectivity index (χ1) is 8.62. The van der Waals surface area contributed by atoms with Crippen molar-refractivity contribution in [3.63, 3.8) is 0 Å². The van der Waals surface area contributed by atoms with Crippen LogP contribution in [0.25, 0.3) is 0 Å². The van der Waals surface area contributed by atoms with Crippen molar-refractivity contribution in [2.75, 3.05) is 20.2 Å². The Morgan fingerprint density at radius 2 is 2.06 bits per heavy atom. The highest BCUT2D eigenvalue weighted by Crippen LogP contribution is 2.30. The topological polar surface area (TPSA) is 55.6 Å². The fourth-order valence-electron chi connectivity index (χ4n) is 2.07. The number of likely N-dealkylation sites (N-methyl/N-ethyl adjacent to an activating group) is 1. The number of para-hydroxylation sites is 1. The summed E-state index contributed by atoms with van der Waals surface area (Å²) < 4.78 is 5.56. The third-order valence-corrected chi connectivity index (χ3v) is 3.46. The highest BCUT2D eigenvalue weighted by atomic mass is 16.5. The number of nitrogens with zero attached hydrogens (tertiary/aromatic N) is 1. The van der Waals surface area contributed by atoms with Gasteiger partial charge in [0.05, 0.1) is 12.1 Å². The van der Waals surface area contributed by atoms with Gasteiger partial charge in [0, 0.05) is 7.05 Å². The second-order valence-corrected chi connectivity index (χ2v) is 4.90. The zero-order valence-corrected chi connectivity index (χ0v) is 10.8. The summed E-state index contributed by atoms with van der Waals surface area (Å²) in [6, 6.07) is 9.59. The molecule has 0 bridgehead atoms. The lowest BCUT2D eigenvalue weighted by molar-refractivity contribution is -0.139. The Labute approximate surface area is 108 Å². The van der Waals surface area contributed by atoms with Crippen molar-refractivity contribution in [1.82, 2.24) is 4.90 Å². The Hall–Kier alpha value is -1.55. The van der Waals surface area contributed by atoms with E-state index in [0.29, 0.717) is 13.2 Å². The normalized spacial score (nSPS) is 16.8.